The summed E-state index contributed by atoms with van der Waals surface area (Å²) in [7, 11) is 0. The molecule has 0 radical (unpaired) electrons. The molecule has 0 spiro atoms. The summed E-state index contributed by atoms with van der Waals surface area (Å²) in [6.45, 7) is 6.55. The van der Waals surface area contributed by atoms with Gasteiger partial charge in [0, 0.05) is 19.3 Å². The van der Waals surface area contributed by atoms with Gasteiger partial charge < -0.3 is 14.2 Å². The van der Waals surface area contributed by atoms with Crippen molar-refractivity contribution < 1.29 is 28.6 Å². The van der Waals surface area contributed by atoms with Gasteiger partial charge in [-0.1, -0.05) is 330 Å². The fourth-order valence-corrected chi connectivity index (χ4v) is 10.2. The van der Waals surface area contributed by atoms with E-state index in [1.165, 1.54) is 186 Å². The fraction of sp³-hybridized carbons (Fsp3) is 0.753. The molecular weight excluding hydrogens is 1020 g/mol. The lowest BCUT2D eigenvalue weighted by Gasteiger charge is -2.18. The van der Waals surface area contributed by atoms with Crippen LogP contribution in [0.4, 0.5) is 0 Å². The lowest BCUT2D eigenvalue weighted by atomic mass is 10.0. The average molecular weight is 1160 g/mol. The van der Waals surface area contributed by atoms with Gasteiger partial charge in [-0.15, -0.1) is 0 Å². The Bertz CT molecular complexity index is 1610. The molecule has 0 rings (SSSR count). The maximum Gasteiger partial charge on any atom is 0.306 e. The first kappa shape index (κ1) is 79.3. The number of hydrogen-bond acceptors (Lipinski definition) is 6. The van der Waals surface area contributed by atoms with E-state index in [0.29, 0.717) is 19.3 Å². The molecule has 83 heavy (non-hydrogen) atoms. The third-order valence-electron chi connectivity index (χ3n) is 15.6. The maximum atomic E-state index is 13.0. The Morgan fingerprint density at radius 2 is 0.470 bits per heavy atom. The van der Waals surface area contributed by atoms with E-state index in [0.717, 1.165) is 128 Å². The third-order valence-corrected chi connectivity index (χ3v) is 15.6. The second-order valence-corrected chi connectivity index (χ2v) is 23.8. The zero-order valence-electron chi connectivity index (χ0n) is 54.9. The van der Waals surface area contributed by atoms with E-state index in [9.17, 15) is 14.4 Å². The van der Waals surface area contributed by atoms with Crippen molar-refractivity contribution in [2.75, 3.05) is 13.2 Å². The van der Waals surface area contributed by atoms with Gasteiger partial charge in [-0.3, -0.25) is 14.4 Å². The van der Waals surface area contributed by atoms with Crippen LogP contribution in [0, 0.1) is 0 Å². The number of unbranched alkanes of at least 4 members (excludes halogenated alkanes) is 38. The Balaban J connectivity index is 4.41. The van der Waals surface area contributed by atoms with E-state index < -0.39 is 6.10 Å². The molecule has 0 bridgehead atoms. The van der Waals surface area contributed by atoms with Gasteiger partial charge in [-0.2, -0.15) is 0 Å². The van der Waals surface area contributed by atoms with Crippen LogP contribution in [0.25, 0.3) is 0 Å². The zero-order valence-corrected chi connectivity index (χ0v) is 54.9. The number of esters is 3. The van der Waals surface area contributed by atoms with Crippen molar-refractivity contribution in [3.8, 4) is 0 Å². The molecule has 0 amide bonds. The van der Waals surface area contributed by atoms with Crippen molar-refractivity contribution in [1.29, 1.82) is 0 Å². The summed E-state index contributed by atoms with van der Waals surface area (Å²) in [6, 6.07) is 0. The van der Waals surface area contributed by atoms with Gasteiger partial charge in [0.15, 0.2) is 6.10 Å². The molecule has 0 aliphatic heterocycles. The predicted octanol–water partition coefficient (Wildman–Crippen LogP) is 24.8. The summed E-state index contributed by atoms with van der Waals surface area (Å²) in [5.74, 6) is -0.894. The highest BCUT2D eigenvalue weighted by Gasteiger charge is 2.19. The number of carbonyl (C=O) groups excluding carboxylic acids is 3. The molecular formula is C77H134O6. The summed E-state index contributed by atoms with van der Waals surface area (Å²) in [5.41, 5.74) is 0. The van der Waals surface area contributed by atoms with E-state index in [1.807, 2.05) is 0 Å². The number of hydrogen-bond donors (Lipinski definition) is 0. The minimum atomic E-state index is -0.794. The van der Waals surface area contributed by atoms with Gasteiger partial charge in [0.1, 0.15) is 13.2 Å². The molecule has 1 atom stereocenters. The summed E-state index contributed by atoms with van der Waals surface area (Å²) in [6.07, 6.45) is 95.7. The summed E-state index contributed by atoms with van der Waals surface area (Å²) in [5, 5.41) is 0. The van der Waals surface area contributed by atoms with E-state index in [2.05, 4.69) is 118 Å². The Morgan fingerprint density at radius 1 is 0.253 bits per heavy atom. The van der Waals surface area contributed by atoms with Gasteiger partial charge in [-0.05, 0) is 103 Å². The summed E-state index contributed by atoms with van der Waals surface area (Å²) >= 11 is 0. The van der Waals surface area contributed by atoms with Crippen molar-refractivity contribution in [1.82, 2.24) is 0 Å². The molecule has 0 fully saturated rings. The standard InChI is InChI=1S/C77H134O6/c1-4-7-10-13-16-19-22-25-28-31-34-37-38-41-43-46-49-52-55-58-61-64-67-70-76(79)82-73-74(83-77(80)71-68-65-62-59-56-53-50-47-44-40-36-33-30-27-24-21-18-15-12-9-6-3)72-81-75(78)69-66-63-60-57-54-51-48-45-42-39-35-32-29-26-23-20-17-14-11-8-5-2/h9,12,18,21-22,25,27,30-31,34,36,38,40-41,47,50,74H,4-8,10-11,13-17,19-20,23-24,26,28-29,32-33,35,37,39,42-46,48-49,51-73H2,1-3H3/b12-9-,21-18-,25-22-,30-27-,34-31-,40-36-,41-38-,50-47-. The van der Waals surface area contributed by atoms with Crippen LogP contribution in [-0.4, -0.2) is 37.2 Å². The minimum absolute atomic E-state index is 0.0853. The molecule has 0 aliphatic rings. The van der Waals surface area contributed by atoms with Crippen molar-refractivity contribution >= 4 is 17.9 Å². The zero-order chi connectivity index (χ0) is 59.9. The minimum Gasteiger partial charge on any atom is -0.462 e. The highest BCUT2D eigenvalue weighted by molar-refractivity contribution is 5.71. The molecule has 6 heteroatoms. The Morgan fingerprint density at radius 3 is 0.735 bits per heavy atom. The quantitative estimate of drug-likeness (QED) is 0.0261. The first-order valence-electron chi connectivity index (χ1n) is 35.7. The molecule has 0 saturated heterocycles. The number of carbonyl (C=O) groups is 3. The van der Waals surface area contributed by atoms with Gasteiger partial charge in [0.05, 0.1) is 0 Å². The predicted molar refractivity (Wildman–Crippen MR) is 362 cm³/mol. The van der Waals surface area contributed by atoms with Crippen LogP contribution in [0.5, 0.6) is 0 Å². The van der Waals surface area contributed by atoms with E-state index in [4.69, 9.17) is 14.2 Å². The van der Waals surface area contributed by atoms with Crippen molar-refractivity contribution in [3.05, 3.63) is 97.2 Å². The van der Waals surface area contributed by atoms with Crippen LogP contribution in [0.2, 0.25) is 0 Å². The average Bonchev–Trinajstić information content (AvgIpc) is 3.49. The first-order chi connectivity index (χ1) is 41.0. The Labute approximate surface area is 515 Å². The van der Waals surface area contributed by atoms with Crippen molar-refractivity contribution in [3.63, 3.8) is 0 Å². The lowest BCUT2D eigenvalue weighted by molar-refractivity contribution is -0.167. The molecule has 0 aromatic heterocycles. The molecule has 0 saturated carbocycles. The molecule has 0 N–H and O–H groups in total. The second kappa shape index (κ2) is 70.8. The Kier molecular flexibility index (Phi) is 67.7. The molecule has 6 nitrogen and oxygen atoms in total. The normalized spacial score (nSPS) is 12.7. The third kappa shape index (κ3) is 69.0. The SMILES string of the molecule is CC/C=C\C/C=C\C/C=C\C/C=C\C/C=C\CCCCCCCC(=O)OC(COC(=O)CCCCCCCCCC/C=C\C/C=C\C/C=C\CCCCCCC)COC(=O)CCCCCCCCCCCCCCCCCCCCCCC. The highest BCUT2D eigenvalue weighted by atomic mass is 16.6. The fourth-order valence-electron chi connectivity index (χ4n) is 10.2. The van der Waals surface area contributed by atoms with Crippen LogP contribution >= 0.6 is 0 Å². The summed E-state index contributed by atoms with van der Waals surface area (Å²) in [4.78, 5) is 38.5. The molecule has 0 heterocycles. The van der Waals surface area contributed by atoms with Crippen molar-refractivity contribution in [2.24, 2.45) is 0 Å². The second-order valence-electron chi connectivity index (χ2n) is 23.8. The van der Waals surface area contributed by atoms with E-state index in [-0.39, 0.29) is 31.1 Å². The number of allylic oxidation sites excluding steroid dienone is 16. The monoisotopic (exact) mass is 1160 g/mol. The highest BCUT2D eigenvalue weighted by Crippen LogP contribution is 2.17. The van der Waals surface area contributed by atoms with Gasteiger partial charge in [0.25, 0.3) is 0 Å². The van der Waals surface area contributed by atoms with E-state index >= 15 is 0 Å². The molecule has 478 valence electrons. The molecule has 0 aliphatic carbocycles. The van der Waals surface area contributed by atoms with E-state index in [1.54, 1.807) is 0 Å². The molecule has 0 aromatic rings. The van der Waals surface area contributed by atoms with Gasteiger partial charge in [-0.25, -0.2) is 0 Å². The van der Waals surface area contributed by atoms with Crippen molar-refractivity contribution in [2.45, 2.75) is 361 Å². The smallest absolute Gasteiger partial charge is 0.306 e. The van der Waals surface area contributed by atoms with Gasteiger partial charge in [0.2, 0.25) is 0 Å². The Hall–Kier alpha value is -3.67. The van der Waals surface area contributed by atoms with Crippen LogP contribution < -0.4 is 0 Å². The van der Waals surface area contributed by atoms with Crippen LogP contribution in [0.3, 0.4) is 0 Å². The lowest BCUT2D eigenvalue weighted by Crippen LogP contribution is -2.30. The summed E-state index contributed by atoms with van der Waals surface area (Å²) < 4.78 is 17.0. The van der Waals surface area contributed by atoms with Crippen LogP contribution in [-0.2, 0) is 28.6 Å². The van der Waals surface area contributed by atoms with Gasteiger partial charge >= 0.3 is 17.9 Å². The maximum absolute atomic E-state index is 13.0. The number of rotatable bonds is 65. The largest absolute Gasteiger partial charge is 0.462 e. The first-order valence-corrected chi connectivity index (χ1v) is 35.7. The number of ether oxygens (including phenoxy) is 3. The van der Waals surface area contributed by atoms with Crippen LogP contribution in [0.15, 0.2) is 97.2 Å². The topological polar surface area (TPSA) is 78.9 Å². The van der Waals surface area contributed by atoms with Crippen LogP contribution in [0.1, 0.15) is 355 Å². The molecule has 0 aromatic carbocycles. The molecule has 1 unspecified atom stereocenters.